The van der Waals surface area contributed by atoms with Crippen molar-refractivity contribution in [3.8, 4) is 11.5 Å². The first-order chi connectivity index (χ1) is 18.0. The molecule has 3 heterocycles. The Bertz CT molecular complexity index is 1650. The number of benzene rings is 3. The molecule has 6 nitrogen and oxygen atoms in total. The summed E-state index contributed by atoms with van der Waals surface area (Å²) in [5.41, 5.74) is 1.75. The molecular weight excluding hydrogens is 509 g/mol. The summed E-state index contributed by atoms with van der Waals surface area (Å²) in [5, 5.41) is 0.951. The number of H-pyrrole nitrogens is 1. The number of rotatable bonds is 3. The maximum atomic E-state index is 14.1. The van der Waals surface area contributed by atoms with Gasteiger partial charge in [0, 0.05) is 29.1 Å². The minimum absolute atomic E-state index is 0.0140. The van der Waals surface area contributed by atoms with Crippen molar-refractivity contribution < 1.29 is 36.3 Å². The minimum atomic E-state index is -2.31. The van der Waals surface area contributed by atoms with Crippen molar-refractivity contribution in [2.24, 2.45) is 0 Å². The fourth-order valence-corrected chi connectivity index (χ4v) is 5.37. The summed E-state index contributed by atoms with van der Waals surface area (Å²) in [6, 6.07) is 11.2. The van der Waals surface area contributed by atoms with Crippen molar-refractivity contribution in [2.75, 3.05) is 4.90 Å². The van der Waals surface area contributed by atoms with Gasteiger partial charge in [0.05, 0.1) is 11.2 Å². The van der Waals surface area contributed by atoms with Gasteiger partial charge in [0.2, 0.25) is 34.8 Å². The molecule has 3 amide bonds. The van der Waals surface area contributed by atoms with Crippen LogP contribution in [0.25, 0.3) is 10.9 Å². The monoisotopic (exact) mass is 527 g/mol. The van der Waals surface area contributed by atoms with E-state index in [0.29, 0.717) is 0 Å². The Morgan fingerprint density at radius 3 is 2.26 bits per heavy atom. The van der Waals surface area contributed by atoms with E-state index >= 15 is 0 Å². The predicted molar refractivity (Wildman–Crippen MR) is 126 cm³/mol. The number of para-hydroxylation sites is 1. The van der Waals surface area contributed by atoms with Crippen LogP contribution in [-0.2, 0) is 16.8 Å². The molecule has 1 N–H and O–H groups in total. The Morgan fingerprint density at radius 2 is 1.55 bits per heavy atom. The van der Waals surface area contributed by atoms with Gasteiger partial charge in [0.25, 0.3) is 5.91 Å². The second kappa shape index (κ2) is 8.04. The molecule has 0 radical (unpaired) electrons. The number of amides is 3. The van der Waals surface area contributed by atoms with Gasteiger partial charge in [-0.1, -0.05) is 24.3 Å². The molecule has 0 saturated carbocycles. The lowest BCUT2D eigenvalue weighted by Gasteiger charge is -2.42. The Labute approximate surface area is 212 Å². The zero-order valence-corrected chi connectivity index (χ0v) is 19.9. The van der Waals surface area contributed by atoms with Gasteiger partial charge in [-0.05, 0) is 37.6 Å². The largest absolute Gasteiger partial charge is 0.451 e. The number of carbonyl (C=O) groups is 2. The summed E-state index contributed by atoms with van der Waals surface area (Å²) in [7, 11) is 0. The molecule has 0 bridgehead atoms. The van der Waals surface area contributed by atoms with Gasteiger partial charge in [0.1, 0.15) is 11.8 Å². The average molecular weight is 527 g/mol. The zero-order chi connectivity index (χ0) is 27.1. The number of urea groups is 1. The van der Waals surface area contributed by atoms with Crippen LogP contribution in [0.2, 0.25) is 0 Å². The topological polar surface area (TPSA) is 65.6 Å². The third kappa shape index (κ3) is 3.17. The summed E-state index contributed by atoms with van der Waals surface area (Å²) in [5.74, 6) is -13.3. The first-order valence-corrected chi connectivity index (χ1v) is 11.6. The number of ether oxygens (including phenoxy) is 1. The molecule has 38 heavy (non-hydrogen) atoms. The van der Waals surface area contributed by atoms with Gasteiger partial charge in [-0.2, -0.15) is 8.78 Å². The number of anilines is 1. The number of aromatic amines is 1. The van der Waals surface area contributed by atoms with E-state index in [9.17, 15) is 31.5 Å². The Morgan fingerprint density at radius 1 is 0.895 bits per heavy atom. The maximum Gasteiger partial charge on any atom is 0.332 e. The number of hydrogen-bond acceptors (Lipinski definition) is 3. The molecule has 11 heteroatoms. The number of fused-ring (bicyclic) bond motifs is 4. The third-order valence-corrected chi connectivity index (χ3v) is 7.10. The molecule has 2 aliphatic rings. The van der Waals surface area contributed by atoms with Crippen LogP contribution in [0.15, 0.2) is 48.5 Å². The summed E-state index contributed by atoms with van der Waals surface area (Å²) in [6.45, 7) is 3.65. The predicted octanol–water partition coefficient (Wildman–Crippen LogP) is 6.28. The Kier molecular flexibility index (Phi) is 5.07. The van der Waals surface area contributed by atoms with E-state index < -0.39 is 58.4 Å². The van der Waals surface area contributed by atoms with Crippen molar-refractivity contribution in [2.45, 2.75) is 31.8 Å². The summed E-state index contributed by atoms with van der Waals surface area (Å²) < 4.78 is 73.9. The molecule has 0 spiro atoms. The van der Waals surface area contributed by atoms with Gasteiger partial charge in [-0.15, -0.1) is 0 Å². The van der Waals surface area contributed by atoms with Gasteiger partial charge in [0.15, 0.2) is 0 Å². The quantitative estimate of drug-likeness (QED) is 0.148. The number of carbonyl (C=O) groups excluding carboxylic acids is 2. The highest BCUT2D eigenvalue weighted by Gasteiger charge is 2.56. The number of imide groups is 1. The molecular formula is C27H18F5N3O3. The van der Waals surface area contributed by atoms with Crippen molar-refractivity contribution in [1.82, 2.24) is 9.88 Å². The van der Waals surface area contributed by atoms with Crippen LogP contribution in [0.4, 0.5) is 32.4 Å². The van der Waals surface area contributed by atoms with Crippen LogP contribution in [-0.4, -0.2) is 27.9 Å². The number of nitrogens with one attached hydrogen (secondary N) is 1. The SMILES string of the molecule is CC1(C)c2[nH]c3ccccc3c2CC2C(=O)N(c3cccc(Oc4c(F)c(F)c(F)c(F)c4F)c3)C(=O)N21. The fourth-order valence-electron chi connectivity index (χ4n) is 5.37. The molecule has 6 rings (SSSR count). The van der Waals surface area contributed by atoms with Gasteiger partial charge in [-0.25, -0.2) is 22.9 Å². The van der Waals surface area contributed by atoms with E-state index in [1.165, 1.54) is 23.1 Å². The average Bonchev–Trinajstić information content (AvgIpc) is 3.40. The van der Waals surface area contributed by atoms with E-state index in [1.807, 2.05) is 38.1 Å². The smallest absolute Gasteiger partial charge is 0.332 e. The van der Waals surface area contributed by atoms with Crippen molar-refractivity contribution in [3.63, 3.8) is 0 Å². The number of halogens is 5. The molecule has 1 unspecified atom stereocenters. The highest BCUT2D eigenvalue weighted by Crippen LogP contribution is 2.45. The van der Waals surface area contributed by atoms with Crippen molar-refractivity contribution in [3.05, 3.63) is 88.9 Å². The summed E-state index contributed by atoms with van der Waals surface area (Å²) >= 11 is 0. The van der Waals surface area contributed by atoms with Crippen molar-refractivity contribution >= 4 is 28.5 Å². The van der Waals surface area contributed by atoms with E-state index in [1.54, 1.807) is 0 Å². The lowest BCUT2D eigenvalue weighted by Crippen LogP contribution is -2.52. The first-order valence-electron chi connectivity index (χ1n) is 11.6. The highest BCUT2D eigenvalue weighted by atomic mass is 19.2. The molecule has 1 fully saturated rings. The number of aromatic nitrogens is 1. The Balaban J connectivity index is 1.37. The molecule has 2 aliphatic heterocycles. The second-order valence-corrected chi connectivity index (χ2v) is 9.63. The minimum Gasteiger partial charge on any atom is -0.451 e. The van der Waals surface area contributed by atoms with E-state index in [2.05, 4.69) is 4.98 Å². The van der Waals surface area contributed by atoms with Crippen LogP contribution < -0.4 is 9.64 Å². The third-order valence-electron chi connectivity index (χ3n) is 7.10. The maximum absolute atomic E-state index is 14.1. The second-order valence-electron chi connectivity index (χ2n) is 9.63. The molecule has 0 aliphatic carbocycles. The molecule has 3 aromatic carbocycles. The summed E-state index contributed by atoms with van der Waals surface area (Å²) in [6.07, 6.45) is 0.268. The zero-order valence-electron chi connectivity index (χ0n) is 19.9. The lowest BCUT2D eigenvalue weighted by molar-refractivity contribution is -0.121. The number of nitrogens with zero attached hydrogens (tertiary/aromatic N) is 2. The molecule has 194 valence electrons. The van der Waals surface area contributed by atoms with E-state index in [-0.39, 0.29) is 17.9 Å². The first kappa shape index (κ1) is 24.0. The standard InChI is InChI=1S/C27H18F5N3O3/c1-27(2)24-15(14-8-3-4-9-16(14)33-24)11-17-25(36)34(26(37)35(17)27)12-6-5-7-13(10-12)38-23-21(31)19(29)18(28)20(30)22(23)32/h3-10,17,33H,11H2,1-2H3. The number of hydrogen-bond donors (Lipinski definition) is 1. The van der Waals surface area contributed by atoms with Crippen molar-refractivity contribution in [1.29, 1.82) is 0 Å². The molecule has 1 saturated heterocycles. The van der Waals surface area contributed by atoms with Crippen LogP contribution in [0.1, 0.15) is 25.1 Å². The van der Waals surface area contributed by atoms with Gasteiger partial charge in [-0.3, -0.25) is 4.79 Å². The summed E-state index contributed by atoms with van der Waals surface area (Å²) in [4.78, 5) is 32.9. The molecule has 1 atom stereocenters. The Hall–Kier alpha value is -4.41. The van der Waals surface area contributed by atoms with Crippen LogP contribution in [0.3, 0.4) is 0 Å². The van der Waals surface area contributed by atoms with E-state index in [4.69, 9.17) is 4.74 Å². The van der Waals surface area contributed by atoms with Gasteiger partial charge < -0.3 is 14.6 Å². The normalized spacial score (nSPS) is 18.2. The van der Waals surface area contributed by atoms with Crippen LogP contribution in [0.5, 0.6) is 11.5 Å². The lowest BCUT2D eigenvalue weighted by atomic mass is 9.85. The fraction of sp³-hybridized carbons (Fsp3) is 0.185. The molecule has 4 aromatic rings. The molecule has 1 aromatic heterocycles. The van der Waals surface area contributed by atoms with Crippen LogP contribution in [0, 0.1) is 29.1 Å². The highest BCUT2D eigenvalue weighted by molar-refractivity contribution is 6.22. The van der Waals surface area contributed by atoms with Gasteiger partial charge >= 0.3 is 6.03 Å². The van der Waals surface area contributed by atoms with Crippen LogP contribution >= 0.6 is 0 Å². The van der Waals surface area contributed by atoms with E-state index in [0.717, 1.165) is 33.1 Å².